The SMILES string of the molecule is Cc1ccccc1NC(=O)C1(C(=O)Nc2cccc3cccnc23)CC1. The predicted octanol–water partition coefficient (Wildman–Crippen LogP) is 3.90. The van der Waals surface area contributed by atoms with Crippen molar-refractivity contribution in [1.29, 1.82) is 0 Å². The topological polar surface area (TPSA) is 71.1 Å². The number of fused-ring (bicyclic) bond motifs is 1. The van der Waals surface area contributed by atoms with E-state index in [9.17, 15) is 9.59 Å². The molecule has 2 aromatic carbocycles. The van der Waals surface area contributed by atoms with E-state index in [-0.39, 0.29) is 11.8 Å². The molecule has 2 amide bonds. The van der Waals surface area contributed by atoms with Gasteiger partial charge in [-0.05, 0) is 43.5 Å². The second-order valence-corrected chi connectivity index (χ2v) is 6.69. The molecule has 1 aromatic heterocycles. The fraction of sp³-hybridized carbons (Fsp3) is 0.190. The Balaban J connectivity index is 1.56. The zero-order valence-corrected chi connectivity index (χ0v) is 14.5. The van der Waals surface area contributed by atoms with E-state index < -0.39 is 5.41 Å². The van der Waals surface area contributed by atoms with Crippen LogP contribution in [0.25, 0.3) is 10.9 Å². The second kappa shape index (κ2) is 6.26. The Morgan fingerprint density at radius 2 is 1.54 bits per heavy atom. The van der Waals surface area contributed by atoms with Crippen LogP contribution in [0.1, 0.15) is 18.4 Å². The number of aromatic nitrogens is 1. The Bertz CT molecular complexity index is 1000. The molecule has 1 fully saturated rings. The van der Waals surface area contributed by atoms with Crippen molar-refractivity contribution >= 4 is 34.1 Å². The van der Waals surface area contributed by atoms with Crippen LogP contribution in [0, 0.1) is 12.3 Å². The molecule has 0 saturated heterocycles. The van der Waals surface area contributed by atoms with E-state index >= 15 is 0 Å². The number of rotatable bonds is 4. The maximum Gasteiger partial charge on any atom is 0.240 e. The molecule has 130 valence electrons. The number of para-hydroxylation sites is 2. The first-order valence-electron chi connectivity index (χ1n) is 8.62. The van der Waals surface area contributed by atoms with Crippen LogP contribution < -0.4 is 10.6 Å². The van der Waals surface area contributed by atoms with Crippen molar-refractivity contribution in [1.82, 2.24) is 4.98 Å². The van der Waals surface area contributed by atoms with Gasteiger partial charge in [0.2, 0.25) is 11.8 Å². The van der Waals surface area contributed by atoms with E-state index in [0.29, 0.717) is 18.5 Å². The number of carbonyl (C=O) groups is 2. The molecule has 1 heterocycles. The van der Waals surface area contributed by atoms with Gasteiger partial charge in [-0.3, -0.25) is 14.6 Å². The first-order chi connectivity index (χ1) is 12.6. The fourth-order valence-electron chi connectivity index (χ4n) is 3.08. The third kappa shape index (κ3) is 2.81. The van der Waals surface area contributed by atoms with Crippen LogP contribution in [0.4, 0.5) is 11.4 Å². The van der Waals surface area contributed by atoms with Gasteiger partial charge in [-0.1, -0.05) is 36.4 Å². The molecule has 0 radical (unpaired) electrons. The molecule has 4 rings (SSSR count). The maximum atomic E-state index is 12.9. The Hall–Kier alpha value is -3.21. The molecule has 0 bridgehead atoms. The summed E-state index contributed by atoms with van der Waals surface area (Å²) in [4.78, 5) is 30.0. The van der Waals surface area contributed by atoms with Crippen LogP contribution in [0.3, 0.4) is 0 Å². The van der Waals surface area contributed by atoms with Gasteiger partial charge in [0.1, 0.15) is 5.41 Å². The lowest BCUT2D eigenvalue weighted by molar-refractivity contribution is -0.131. The number of benzene rings is 2. The molecule has 0 atom stereocenters. The summed E-state index contributed by atoms with van der Waals surface area (Å²) in [6.07, 6.45) is 2.79. The van der Waals surface area contributed by atoms with E-state index in [4.69, 9.17) is 0 Å². The van der Waals surface area contributed by atoms with Gasteiger partial charge in [-0.25, -0.2) is 0 Å². The normalized spacial score (nSPS) is 14.7. The summed E-state index contributed by atoms with van der Waals surface area (Å²) < 4.78 is 0. The summed E-state index contributed by atoms with van der Waals surface area (Å²) >= 11 is 0. The number of nitrogens with zero attached hydrogens (tertiary/aromatic N) is 1. The summed E-state index contributed by atoms with van der Waals surface area (Å²) in [5.74, 6) is -0.528. The molecule has 5 nitrogen and oxygen atoms in total. The van der Waals surface area contributed by atoms with Crippen molar-refractivity contribution in [3.8, 4) is 0 Å². The predicted molar refractivity (Wildman–Crippen MR) is 102 cm³/mol. The number of carbonyl (C=O) groups excluding carboxylic acids is 2. The minimum atomic E-state index is -1.00. The molecule has 1 aliphatic carbocycles. The van der Waals surface area contributed by atoms with Crippen molar-refractivity contribution in [2.45, 2.75) is 19.8 Å². The summed E-state index contributed by atoms with van der Waals surface area (Å²) in [6, 6.07) is 17.0. The zero-order chi connectivity index (χ0) is 18.1. The molecule has 26 heavy (non-hydrogen) atoms. The highest BCUT2D eigenvalue weighted by Crippen LogP contribution is 2.47. The van der Waals surface area contributed by atoms with Gasteiger partial charge in [0.05, 0.1) is 11.2 Å². The molecule has 3 aromatic rings. The minimum Gasteiger partial charge on any atom is -0.325 e. The molecule has 5 heteroatoms. The summed E-state index contributed by atoms with van der Waals surface area (Å²) in [6.45, 7) is 1.93. The van der Waals surface area contributed by atoms with Gasteiger partial charge in [0.15, 0.2) is 0 Å². The molecule has 0 unspecified atom stereocenters. The molecule has 0 aliphatic heterocycles. The van der Waals surface area contributed by atoms with E-state index in [1.165, 1.54) is 0 Å². The third-order valence-electron chi connectivity index (χ3n) is 4.89. The fourth-order valence-corrected chi connectivity index (χ4v) is 3.08. The highest BCUT2D eigenvalue weighted by molar-refractivity contribution is 6.18. The van der Waals surface area contributed by atoms with Crippen molar-refractivity contribution < 1.29 is 9.59 Å². The quantitative estimate of drug-likeness (QED) is 0.705. The molecule has 2 N–H and O–H groups in total. The number of nitrogens with one attached hydrogen (secondary N) is 2. The average molecular weight is 345 g/mol. The van der Waals surface area contributed by atoms with Crippen molar-refractivity contribution in [2.24, 2.45) is 5.41 Å². The number of pyridine rings is 1. The summed E-state index contributed by atoms with van der Waals surface area (Å²) in [5, 5.41) is 6.75. The van der Waals surface area contributed by atoms with Gasteiger partial charge in [0.25, 0.3) is 0 Å². The maximum absolute atomic E-state index is 12.9. The molecule has 0 spiro atoms. The van der Waals surface area contributed by atoms with Crippen LogP contribution in [-0.4, -0.2) is 16.8 Å². The molecular weight excluding hydrogens is 326 g/mol. The number of aryl methyl sites for hydroxylation is 1. The van der Waals surface area contributed by atoms with Gasteiger partial charge in [-0.15, -0.1) is 0 Å². The van der Waals surface area contributed by atoms with Crippen LogP contribution in [0.15, 0.2) is 60.8 Å². The largest absolute Gasteiger partial charge is 0.325 e. The summed E-state index contributed by atoms with van der Waals surface area (Å²) in [7, 11) is 0. The van der Waals surface area contributed by atoms with E-state index in [0.717, 1.165) is 22.2 Å². The number of hydrogen-bond donors (Lipinski definition) is 2. The minimum absolute atomic E-state index is 0.252. The van der Waals surface area contributed by atoms with Crippen LogP contribution in [0.2, 0.25) is 0 Å². The monoisotopic (exact) mass is 345 g/mol. The van der Waals surface area contributed by atoms with Crippen molar-refractivity contribution in [2.75, 3.05) is 10.6 Å². The highest BCUT2D eigenvalue weighted by Gasteiger charge is 2.56. The highest BCUT2D eigenvalue weighted by atomic mass is 16.2. The molecule has 1 saturated carbocycles. The number of amides is 2. The summed E-state index contributed by atoms with van der Waals surface area (Å²) in [5.41, 5.74) is 2.06. The van der Waals surface area contributed by atoms with Crippen LogP contribution in [-0.2, 0) is 9.59 Å². The Morgan fingerprint density at radius 1 is 0.885 bits per heavy atom. The van der Waals surface area contributed by atoms with E-state index in [2.05, 4.69) is 15.6 Å². The van der Waals surface area contributed by atoms with Gasteiger partial charge in [-0.2, -0.15) is 0 Å². The van der Waals surface area contributed by atoms with Crippen molar-refractivity contribution in [3.63, 3.8) is 0 Å². The lowest BCUT2D eigenvalue weighted by atomic mass is 10.0. The van der Waals surface area contributed by atoms with Crippen LogP contribution in [0.5, 0.6) is 0 Å². The zero-order valence-electron chi connectivity index (χ0n) is 14.5. The number of hydrogen-bond acceptors (Lipinski definition) is 3. The van der Waals surface area contributed by atoms with E-state index in [1.54, 1.807) is 6.20 Å². The van der Waals surface area contributed by atoms with Gasteiger partial charge in [0, 0.05) is 17.3 Å². The van der Waals surface area contributed by atoms with E-state index in [1.807, 2.05) is 61.5 Å². The van der Waals surface area contributed by atoms with Gasteiger partial charge < -0.3 is 10.6 Å². The lowest BCUT2D eigenvalue weighted by Crippen LogP contribution is -2.35. The van der Waals surface area contributed by atoms with Gasteiger partial charge >= 0.3 is 0 Å². The lowest BCUT2D eigenvalue weighted by Gasteiger charge is -2.17. The second-order valence-electron chi connectivity index (χ2n) is 6.69. The molecule has 1 aliphatic rings. The third-order valence-corrected chi connectivity index (χ3v) is 4.89. The average Bonchev–Trinajstić information content (AvgIpc) is 3.46. The first kappa shape index (κ1) is 16.3. The van der Waals surface area contributed by atoms with Crippen LogP contribution >= 0.6 is 0 Å². The smallest absolute Gasteiger partial charge is 0.240 e. The Kier molecular flexibility index (Phi) is 3.92. The Labute approximate surface area is 151 Å². The molecular formula is C21H19N3O2. The Morgan fingerprint density at radius 3 is 2.27 bits per heavy atom. The first-order valence-corrected chi connectivity index (χ1v) is 8.62. The standard InChI is InChI=1S/C21H19N3O2/c1-14-6-2-3-9-16(14)23-19(25)21(11-12-21)20(26)24-17-10-4-7-15-8-5-13-22-18(15)17/h2-10,13H,11-12H2,1H3,(H,23,25)(H,24,26). The van der Waals surface area contributed by atoms with Crippen molar-refractivity contribution in [3.05, 3.63) is 66.4 Å². The number of anilines is 2.